The van der Waals surface area contributed by atoms with Crippen LogP contribution in [-0.2, 0) is 4.79 Å². The van der Waals surface area contributed by atoms with Gasteiger partial charge >= 0.3 is 5.97 Å². The maximum absolute atomic E-state index is 10.7. The number of hydrogen-bond acceptors (Lipinski definition) is 4. The largest absolute Gasteiger partial charge is 0.481 e. The van der Waals surface area contributed by atoms with E-state index in [0.717, 1.165) is 5.69 Å². The van der Waals surface area contributed by atoms with Crippen molar-refractivity contribution in [2.75, 3.05) is 0 Å². The molecule has 1 aromatic heterocycles. The molecule has 0 saturated heterocycles. The maximum atomic E-state index is 10.7. The normalized spacial score (nSPS) is 14.6. The Morgan fingerprint density at radius 2 is 2.20 bits per heavy atom. The van der Waals surface area contributed by atoms with E-state index in [0.29, 0.717) is 5.16 Å². The lowest BCUT2D eigenvalue weighted by Gasteiger charge is -2.13. The van der Waals surface area contributed by atoms with Gasteiger partial charge in [0.15, 0.2) is 5.16 Å². The molecule has 0 amide bonds. The number of nitrogens with zero attached hydrogens (tertiary/aromatic N) is 2. The van der Waals surface area contributed by atoms with Crippen LogP contribution in [0.5, 0.6) is 0 Å². The highest BCUT2D eigenvalue weighted by atomic mass is 32.2. The molecular weight excluding hydrogens is 212 g/mol. The molecule has 0 spiro atoms. The lowest BCUT2D eigenvalue weighted by atomic mass is 10.1. The summed E-state index contributed by atoms with van der Waals surface area (Å²) < 4.78 is 0. The number of rotatable bonds is 4. The minimum atomic E-state index is -0.789. The van der Waals surface area contributed by atoms with Crippen molar-refractivity contribution < 1.29 is 9.90 Å². The number of carboxylic acid groups (broad SMARTS) is 1. The zero-order valence-electron chi connectivity index (χ0n) is 8.97. The van der Waals surface area contributed by atoms with Crippen molar-refractivity contribution in [3.8, 4) is 0 Å². The molecule has 2 atom stereocenters. The Morgan fingerprint density at radius 3 is 2.73 bits per heavy atom. The van der Waals surface area contributed by atoms with E-state index < -0.39 is 11.9 Å². The van der Waals surface area contributed by atoms with Crippen LogP contribution in [0.2, 0.25) is 0 Å². The first-order valence-corrected chi connectivity index (χ1v) is 5.57. The fourth-order valence-corrected chi connectivity index (χ4v) is 1.92. The van der Waals surface area contributed by atoms with Crippen LogP contribution in [0.1, 0.15) is 19.5 Å². The van der Waals surface area contributed by atoms with Crippen LogP contribution in [0.15, 0.2) is 17.4 Å². The second kappa shape index (κ2) is 5.11. The lowest BCUT2D eigenvalue weighted by molar-refractivity contribution is -0.140. The quantitative estimate of drug-likeness (QED) is 0.628. The molecule has 82 valence electrons. The molecule has 0 radical (unpaired) electrons. The highest BCUT2D eigenvalue weighted by Gasteiger charge is 2.21. The summed E-state index contributed by atoms with van der Waals surface area (Å²) in [7, 11) is 0. The van der Waals surface area contributed by atoms with E-state index in [9.17, 15) is 4.79 Å². The lowest BCUT2D eigenvalue weighted by Crippen LogP contribution is -2.20. The second-order valence-corrected chi connectivity index (χ2v) is 4.77. The minimum absolute atomic E-state index is 0.0377. The average molecular weight is 226 g/mol. The summed E-state index contributed by atoms with van der Waals surface area (Å²) in [6.45, 7) is 5.45. The van der Waals surface area contributed by atoms with Crippen molar-refractivity contribution in [1.82, 2.24) is 9.97 Å². The van der Waals surface area contributed by atoms with Crippen molar-refractivity contribution in [3.63, 3.8) is 0 Å². The Bertz CT molecular complexity index is 357. The monoisotopic (exact) mass is 226 g/mol. The maximum Gasteiger partial charge on any atom is 0.307 e. The molecule has 2 unspecified atom stereocenters. The number of carbonyl (C=O) groups is 1. The third kappa shape index (κ3) is 3.51. The van der Waals surface area contributed by atoms with E-state index >= 15 is 0 Å². The fraction of sp³-hybridized carbons (Fsp3) is 0.500. The molecule has 1 rings (SSSR count). The first kappa shape index (κ1) is 12.0. The van der Waals surface area contributed by atoms with Crippen LogP contribution in [0, 0.1) is 12.8 Å². The fourth-order valence-electron chi connectivity index (χ4n) is 0.952. The van der Waals surface area contributed by atoms with E-state index in [1.807, 2.05) is 19.9 Å². The smallest absolute Gasteiger partial charge is 0.307 e. The highest BCUT2D eigenvalue weighted by Crippen LogP contribution is 2.24. The number of aliphatic carboxylic acids is 1. The van der Waals surface area contributed by atoms with E-state index in [2.05, 4.69) is 9.97 Å². The Labute approximate surface area is 93.1 Å². The molecular formula is C10H14N2O2S. The van der Waals surface area contributed by atoms with Gasteiger partial charge in [0.2, 0.25) is 0 Å². The summed E-state index contributed by atoms with van der Waals surface area (Å²) in [6, 6.07) is 1.81. The van der Waals surface area contributed by atoms with Gasteiger partial charge in [0.25, 0.3) is 0 Å². The van der Waals surface area contributed by atoms with Gasteiger partial charge in [0.05, 0.1) is 5.92 Å². The summed E-state index contributed by atoms with van der Waals surface area (Å²) in [6.07, 6.45) is 1.68. The van der Waals surface area contributed by atoms with E-state index in [1.54, 1.807) is 13.1 Å². The topological polar surface area (TPSA) is 63.1 Å². The third-order valence-electron chi connectivity index (χ3n) is 2.16. The Hall–Kier alpha value is -1.10. The number of carboxylic acids is 1. The van der Waals surface area contributed by atoms with Crippen LogP contribution in [-0.4, -0.2) is 26.3 Å². The first-order chi connectivity index (χ1) is 7.00. The van der Waals surface area contributed by atoms with Gasteiger partial charge < -0.3 is 5.11 Å². The number of aryl methyl sites for hydroxylation is 1. The summed E-state index contributed by atoms with van der Waals surface area (Å²) in [4.78, 5) is 19.0. The minimum Gasteiger partial charge on any atom is -0.481 e. The molecule has 0 saturated carbocycles. The summed E-state index contributed by atoms with van der Waals surface area (Å²) in [5.74, 6) is -1.19. The molecule has 1 N–H and O–H groups in total. The molecule has 1 heterocycles. The van der Waals surface area contributed by atoms with Gasteiger partial charge in [-0.1, -0.05) is 25.6 Å². The second-order valence-electron chi connectivity index (χ2n) is 3.43. The van der Waals surface area contributed by atoms with Crippen LogP contribution in [0.3, 0.4) is 0 Å². The molecule has 4 nitrogen and oxygen atoms in total. The molecule has 1 aromatic rings. The van der Waals surface area contributed by atoms with E-state index in [4.69, 9.17) is 5.11 Å². The zero-order valence-corrected chi connectivity index (χ0v) is 9.78. The van der Waals surface area contributed by atoms with Gasteiger partial charge in [0.1, 0.15) is 0 Å². The molecule has 5 heteroatoms. The van der Waals surface area contributed by atoms with Gasteiger partial charge in [-0.25, -0.2) is 9.97 Å². The van der Waals surface area contributed by atoms with E-state index in [-0.39, 0.29) is 5.25 Å². The summed E-state index contributed by atoms with van der Waals surface area (Å²) in [5, 5.41) is 9.43. The molecule has 15 heavy (non-hydrogen) atoms. The highest BCUT2D eigenvalue weighted by molar-refractivity contribution is 7.99. The van der Waals surface area contributed by atoms with Gasteiger partial charge in [-0.15, -0.1) is 0 Å². The molecule has 0 aliphatic heterocycles. The van der Waals surface area contributed by atoms with Gasteiger partial charge in [0, 0.05) is 17.1 Å². The summed E-state index contributed by atoms with van der Waals surface area (Å²) in [5.41, 5.74) is 0.891. The molecule has 0 aliphatic rings. The third-order valence-corrected chi connectivity index (χ3v) is 3.35. The Kier molecular flexibility index (Phi) is 4.08. The van der Waals surface area contributed by atoms with Crippen LogP contribution >= 0.6 is 11.8 Å². The van der Waals surface area contributed by atoms with Gasteiger partial charge in [-0.2, -0.15) is 0 Å². The predicted molar refractivity (Wildman–Crippen MR) is 58.9 cm³/mol. The Morgan fingerprint density at radius 1 is 1.53 bits per heavy atom. The van der Waals surface area contributed by atoms with Crippen molar-refractivity contribution in [3.05, 3.63) is 18.0 Å². The molecule has 0 bridgehead atoms. The number of hydrogen-bond donors (Lipinski definition) is 1. The molecule has 0 aromatic carbocycles. The van der Waals surface area contributed by atoms with Gasteiger partial charge in [-0.05, 0) is 13.0 Å². The predicted octanol–water partition coefficient (Wildman–Crippen LogP) is 1.99. The van der Waals surface area contributed by atoms with Crippen LogP contribution in [0.4, 0.5) is 0 Å². The van der Waals surface area contributed by atoms with Crippen molar-refractivity contribution >= 4 is 17.7 Å². The van der Waals surface area contributed by atoms with Crippen LogP contribution < -0.4 is 0 Å². The SMILES string of the molecule is Cc1ccnc(SC(C)C(C)C(=O)O)n1. The number of thioether (sulfide) groups is 1. The number of aromatic nitrogens is 2. The molecule has 0 aliphatic carbocycles. The van der Waals surface area contributed by atoms with Crippen molar-refractivity contribution in [1.29, 1.82) is 0 Å². The van der Waals surface area contributed by atoms with Gasteiger partial charge in [-0.3, -0.25) is 4.79 Å². The molecule has 0 fully saturated rings. The van der Waals surface area contributed by atoms with E-state index in [1.165, 1.54) is 11.8 Å². The van der Waals surface area contributed by atoms with Crippen molar-refractivity contribution in [2.45, 2.75) is 31.2 Å². The zero-order chi connectivity index (χ0) is 11.4. The first-order valence-electron chi connectivity index (χ1n) is 4.70. The average Bonchev–Trinajstić information content (AvgIpc) is 2.16. The standard InChI is InChI=1S/C10H14N2O2S/c1-6-4-5-11-10(12-6)15-8(3)7(2)9(13)14/h4-5,7-8H,1-3H3,(H,13,14). The van der Waals surface area contributed by atoms with Crippen molar-refractivity contribution in [2.24, 2.45) is 5.92 Å². The Balaban J connectivity index is 2.66. The summed E-state index contributed by atoms with van der Waals surface area (Å²) >= 11 is 1.39. The van der Waals surface area contributed by atoms with Crippen LogP contribution in [0.25, 0.3) is 0 Å².